The van der Waals surface area contributed by atoms with Crippen molar-refractivity contribution in [3.05, 3.63) is 108 Å². The maximum atomic E-state index is 6.02. The highest BCUT2D eigenvalue weighted by Gasteiger charge is 2.13. The van der Waals surface area contributed by atoms with E-state index in [1.165, 1.54) is 54.6 Å². The number of ether oxygens (including phenoxy) is 1. The topological polar surface area (TPSA) is 15.7 Å². The van der Waals surface area contributed by atoms with Gasteiger partial charge in [-0.1, -0.05) is 66.1 Å². The molecule has 0 aliphatic carbocycles. The summed E-state index contributed by atoms with van der Waals surface area (Å²) in [5.74, 6) is 0.948. The molecule has 0 aromatic heterocycles. The van der Waals surface area contributed by atoms with E-state index in [0.717, 1.165) is 42.4 Å². The van der Waals surface area contributed by atoms with Gasteiger partial charge >= 0.3 is 0 Å². The molecule has 0 N–H and O–H groups in total. The van der Waals surface area contributed by atoms with Gasteiger partial charge in [0.15, 0.2) is 0 Å². The van der Waals surface area contributed by atoms with E-state index in [2.05, 4.69) is 121 Å². The van der Waals surface area contributed by atoms with Gasteiger partial charge in [-0.2, -0.15) is 0 Å². The van der Waals surface area contributed by atoms with Gasteiger partial charge in [0.1, 0.15) is 5.75 Å². The zero-order valence-electron chi connectivity index (χ0n) is 22.2. The van der Waals surface area contributed by atoms with E-state index >= 15 is 0 Å². The Morgan fingerprint density at radius 2 is 1.05 bits per heavy atom. The zero-order chi connectivity index (χ0) is 25.5. The van der Waals surface area contributed by atoms with E-state index in [0.29, 0.717) is 0 Å². The maximum absolute atomic E-state index is 6.02. The number of aryl methyl sites for hydroxylation is 2. The van der Waals surface area contributed by atoms with Crippen molar-refractivity contribution < 1.29 is 4.74 Å². The minimum Gasteiger partial charge on any atom is -0.494 e. The lowest BCUT2D eigenvalue weighted by Crippen LogP contribution is -2.31. The van der Waals surface area contributed by atoms with Crippen molar-refractivity contribution in [3.63, 3.8) is 0 Å². The Morgan fingerprint density at radius 1 is 0.595 bits per heavy atom. The number of rotatable bonds is 9. The molecule has 190 valence electrons. The summed E-state index contributed by atoms with van der Waals surface area (Å²) in [6.07, 6.45) is 5.17. The lowest BCUT2D eigenvalue weighted by atomic mass is 10.0. The number of benzene rings is 4. The first kappa shape index (κ1) is 25.1. The number of hydrogen-bond acceptors (Lipinski definition) is 3. The van der Waals surface area contributed by atoms with E-state index in [9.17, 15) is 0 Å². The lowest BCUT2D eigenvalue weighted by molar-refractivity contribution is 0.205. The van der Waals surface area contributed by atoms with Crippen LogP contribution >= 0.6 is 0 Å². The Kier molecular flexibility index (Phi) is 8.22. The van der Waals surface area contributed by atoms with Crippen molar-refractivity contribution in [2.24, 2.45) is 0 Å². The Balaban J connectivity index is 1.25. The van der Waals surface area contributed by atoms with Crippen LogP contribution in [0.1, 0.15) is 36.8 Å². The summed E-state index contributed by atoms with van der Waals surface area (Å²) in [4.78, 5) is 4.88. The summed E-state index contributed by atoms with van der Waals surface area (Å²) in [6.45, 7) is 8.68. The highest BCUT2D eigenvalue weighted by Crippen LogP contribution is 2.36. The molecule has 4 aromatic carbocycles. The highest BCUT2D eigenvalue weighted by molar-refractivity contribution is 5.78. The molecule has 37 heavy (non-hydrogen) atoms. The van der Waals surface area contributed by atoms with Gasteiger partial charge in [0, 0.05) is 23.6 Å². The fraction of sp³-hybridized carbons (Fsp3) is 0.294. The molecule has 0 saturated carbocycles. The molecule has 0 amide bonds. The number of hydrogen-bond donors (Lipinski definition) is 0. The SMILES string of the molecule is Cc1ccc(N(c2ccc(C)cc2)c2ccc(-c3ccc(OCCCN4CCCCC4)cc3)cc2)cc1. The quantitative estimate of drug-likeness (QED) is 0.218. The fourth-order valence-electron chi connectivity index (χ4n) is 5.04. The first-order valence-corrected chi connectivity index (χ1v) is 13.6. The van der Waals surface area contributed by atoms with Gasteiger partial charge in [0.25, 0.3) is 0 Å². The number of nitrogens with zero attached hydrogens (tertiary/aromatic N) is 2. The molecular formula is C34H38N2O. The molecule has 1 fully saturated rings. The minimum atomic E-state index is 0.776. The van der Waals surface area contributed by atoms with Crippen LogP contribution in [0.15, 0.2) is 97.1 Å². The van der Waals surface area contributed by atoms with Crippen molar-refractivity contribution in [2.75, 3.05) is 31.1 Å². The molecule has 1 heterocycles. The Bertz CT molecular complexity index is 1190. The molecule has 0 atom stereocenters. The summed E-state index contributed by atoms with van der Waals surface area (Å²) in [5.41, 5.74) is 8.38. The summed E-state index contributed by atoms with van der Waals surface area (Å²) in [7, 11) is 0. The average molecular weight is 491 g/mol. The molecule has 1 aliphatic heterocycles. The molecule has 0 unspecified atom stereocenters. The summed E-state index contributed by atoms with van der Waals surface area (Å²) in [5, 5.41) is 0. The highest BCUT2D eigenvalue weighted by atomic mass is 16.5. The van der Waals surface area contributed by atoms with Crippen LogP contribution in [0, 0.1) is 13.8 Å². The van der Waals surface area contributed by atoms with Crippen molar-refractivity contribution in [1.29, 1.82) is 0 Å². The molecule has 0 bridgehead atoms. The van der Waals surface area contributed by atoms with Gasteiger partial charge in [0.2, 0.25) is 0 Å². The van der Waals surface area contributed by atoms with E-state index < -0.39 is 0 Å². The second-order valence-corrected chi connectivity index (χ2v) is 10.2. The fourth-order valence-corrected chi connectivity index (χ4v) is 5.04. The van der Waals surface area contributed by atoms with E-state index in [1.807, 2.05) is 0 Å². The van der Waals surface area contributed by atoms with Gasteiger partial charge in [-0.05, 0) is 106 Å². The maximum Gasteiger partial charge on any atom is 0.119 e. The van der Waals surface area contributed by atoms with Gasteiger partial charge in [-0.15, -0.1) is 0 Å². The second kappa shape index (κ2) is 12.1. The van der Waals surface area contributed by atoms with Gasteiger partial charge in [-0.3, -0.25) is 0 Å². The van der Waals surface area contributed by atoms with Crippen molar-refractivity contribution in [3.8, 4) is 16.9 Å². The lowest BCUT2D eigenvalue weighted by Gasteiger charge is -2.26. The third kappa shape index (κ3) is 6.61. The van der Waals surface area contributed by atoms with Crippen molar-refractivity contribution in [1.82, 2.24) is 4.90 Å². The Hall–Kier alpha value is -3.56. The van der Waals surface area contributed by atoms with Crippen LogP contribution < -0.4 is 9.64 Å². The number of likely N-dealkylation sites (tertiary alicyclic amines) is 1. The van der Waals surface area contributed by atoms with Gasteiger partial charge in [-0.25, -0.2) is 0 Å². The molecule has 3 heteroatoms. The smallest absolute Gasteiger partial charge is 0.119 e. The molecule has 5 rings (SSSR count). The Morgan fingerprint density at radius 3 is 1.57 bits per heavy atom. The first-order chi connectivity index (χ1) is 18.2. The third-order valence-corrected chi connectivity index (χ3v) is 7.23. The van der Waals surface area contributed by atoms with Crippen LogP contribution in [-0.4, -0.2) is 31.1 Å². The predicted molar refractivity (Wildman–Crippen MR) is 156 cm³/mol. The van der Waals surface area contributed by atoms with Crippen LogP contribution in [-0.2, 0) is 0 Å². The molecule has 3 nitrogen and oxygen atoms in total. The van der Waals surface area contributed by atoms with Crippen molar-refractivity contribution >= 4 is 17.1 Å². The summed E-state index contributed by atoms with van der Waals surface area (Å²) in [6, 6.07) is 34.8. The van der Waals surface area contributed by atoms with Gasteiger partial charge in [0.05, 0.1) is 6.61 Å². The van der Waals surface area contributed by atoms with Crippen LogP contribution in [0.25, 0.3) is 11.1 Å². The zero-order valence-corrected chi connectivity index (χ0v) is 22.2. The monoisotopic (exact) mass is 490 g/mol. The van der Waals surface area contributed by atoms with Crippen LogP contribution in [0.2, 0.25) is 0 Å². The first-order valence-electron chi connectivity index (χ1n) is 13.6. The van der Waals surface area contributed by atoms with E-state index in [-0.39, 0.29) is 0 Å². The van der Waals surface area contributed by atoms with Crippen LogP contribution in [0.3, 0.4) is 0 Å². The predicted octanol–water partition coefficient (Wildman–Crippen LogP) is 8.70. The minimum absolute atomic E-state index is 0.776. The van der Waals surface area contributed by atoms with Crippen LogP contribution in [0.4, 0.5) is 17.1 Å². The average Bonchev–Trinajstić information content (AvgIpc) is 2.95. The third-order valence-electron chi connectivity index (χ3n) is 7.23. The Labute approximate surface area is 222 Å². The van der Waals surface area contributed by atoms with Gasteiger partial charge < -0.3 is 14.5 Å². The largest absolute Gasteiger partial charge is 0.494 e. The molecule has 1 aliphatic rings. The molecule has 1 saturated heterocycles. The number of anilines is 3. The normalized spacial score (nSPS) is 13.9. The molecule has 4 aromatic rings. The second-order valence-electron chi connectivity index (χ2n) is 10.2. The number of piperidine rings is 1. The molecule has 0 radical (unpaired) electrons. The summed E-state index contributed by atoms with van der Waals surface area (Å²) < 4.78 is 6.02. The summed E-state index contributed by atoms with van der Waals surface area (Å²) >= 11 is 0. The van der Waals surface area contributed by atoms with E-state index in [1.54, 1.807) is 0 Å². The van der Waals surface area contributed by atoms with Crippen molar-refractivity contribution in [2.45, 2.75) is 39.5 Å². The van der Waals surface area contributed by atoms with Crippen LogP contribution in [0.5, 0.6) is 5.75 Å². The van der Waals surface area contributed by atoms with E-state index in [4.69, 9.17) is 4.74 Å². The standard InChI is InChI=1S/C34H38N2O/c1-27-7-15-31(16-8-27)36(32-17-9-28(2)10-18-32)33-19-11-29(12-20-33)30-13-21-34(22-14-30)37-26-6-25-35-23-4-3-5-24-35/h7-22H,3-6,23-26H2,1-2H3. The molecule has 0 spiro atoms. The molecular weight excluding hydrogens is 452 g/mol.